The van der Waals surface area contributed by atoms with Gasteiger partial charge in [-0.15, -0.1) is 5.10 Å². The van der Waals surface area contributed by atoms with E-state index < -0.39 is 0 Å². The maximum Gasteiger partial charge on any atom is 0.154 e. The Morgan fingerprint density at radius 1 is 1.10 bits per heavy atom. The Hall–Kier alpha value is -3.39. The number of fused-ring (bicyclic) bond motifs is 1. The van der Waals surface area contributed by atoms with E-state index in [0.717, 1.165) is 46.5 Å². The fourth-order valence-electron chi connectivity index (χ4n) is 3.62. The summed E-state index contributed by atoms with van der Waals surface area (Å²) in [6.45, 7) is 6.20. The topological polar surface area (TPSA) is 93.4 Å². The molecular formula is C22H24N8. The third-order valence-corrected chi connectivity index (χ3v) is 5.47. The van der Waals surface area contributed by atoms with Crippen molar-refractivity contribution < 1.29 is 0 Å². The number of nitrogens with one attached hydrogen (secondary N) is 2. The number of hydrogen-bond acceptors (Lipinski definition) is 7. The quantitative estimate of drug-likeness (QED) is 0.530. The van der Waals surface area contributed by atoms with Gasteiger partial charge in [-0.25, -0.2) is 4.98 Å². The Labute approximate surface area is 174 Å². The van der Waals surface area contributed by atoms with Crippen LogP contribution in [-0.4, -0.2) is 43.0 Å². The van der Waals surface area contributed by atoms with E-state index in [1.54, 1.807) is 6.20 Å². The molecule has 5 heterocycles. The summed E-state index contributed by atoms with van der Waals surface area (Å²) in [6.07, 6.45) is 5.76. The van der Waals surface area contributed by atoms with Gasteiger partial charge < -0.3 is 10.6 Å². The standard InChI is InChI=1S/C22H24N8/c1-13(2)14-7-21(28-25-11-14)27-20-5-4-18-19(26-20)6-15(10-24-18)17-12-30(3)29-22(17)16-8-23-9-16/h4-7,10-13,16,23H,8-9H2,1-3H3,(H,26,27,28). The molecule has 0 spiro atoms. The molecule has 1 aliphatic heterocycles. The summed E-state index contributed by atoms with van der Waals surface area (Å²) < 4.78 is 1.87. The first kappa shape index (κ1) is 18.6. The van der Waals surface area contributed by atoms with Crippen LogP contribution in [0.3, 0.4) is 0 Å². The van der Waals surface area contributed by atoms with Crippen molar-refractivity contribution in [3.05, 3.63) is 54.1 Å². The number of anilines is 2. The maximum atomic E-state index is 4.77. The van der Waals surface area contributed by atoms with E-state index in [1.165, 1.54) is 0 Å². The molecule has 5 rings (SSSR count). The average Bonchev–Trinajstić information content (AvgIpc) is 3.07. The molecule has 1 saturated heterocycles. The molecule has 30 heavy (non-hydrogen) atoms. The van der Waals surface area contributed by atoms with Crippen LogP contribution in [0.2, 0.25) is 0 Å². The van der Waals surface area contributed by atoms with E-state index in [2.05, 4.69) is 57.0 Å². The van der Waals surface area contributed by atoms with Gasteiger partial charge in [0.2, 0.25) is 0 Å². The van der Waals surface area contributed by atoms with Crippen LogP contribution >= 0.6 is 0 Å². The molecule has 0 saturated carbocycles. The van der Waals surface area contributed by atoms with Crippen LogP contribution in [-0.2, 0) is 7.05 Å². The first-order chi connectivity index (χ1) is 14.6. The highest BCUT2D eigenvalue weighted by Gasteiger charge is 2.25. The van der Waals surface area contributed by atoms with Crippen LogP contribution in [0.4, 0.5) is 11.6 Å². The lowest BCUT2D eigenvalue weighted by atomic mass is 9.94. The van der Waals surface area contributed by atoms with E-state index in [1.807, 2.05) is 36.1 Å². The minimum Gasteiger partial charge on any atom is -0.323 e. The van der Waals surface area contributed by atoms with Gasteiger partial charge in [0.1, 0.15) is 5.82 Å². The zero-order valence-corrected chi connectivity index (χ0v) is 17.3. The first-order valence-corrected chi connectivity index (χ1v) is 10.2. The molecule has 152 valence electrons. The highest BCUT2D eigenvalue weighted by Crippen LogP contribution is 2.31. The molecule has 0 aromatic carbocycles. The minimum absolute atomic E-state index is 0.386. The van der Waals surface area contributed by atoms with Crippen LogP contribution in [0, 0.1) is 0 Å². The van der Waals surface area contributed by atoms with Crippen molar-refractivity contribution in [2.45, 2.75) is 25.7 Å². The maximum absolute atomic E-state index is 4.77. The van der Waals surface area contributed by atoms with E-state index >= 15 is 0 Å². The Bertz CT molecular complexity index is 1210. The molecule has 0 atom stereocenters. The number of pyridine rings is 2. The van der Waals surface area contributed by atoms with Gasteiger partial charge in [0.05, 0.1) is 22.9 Å². The zero-order valence-electron chi connectivity index (χ0n) is 17.3. The van der Waals surface area contributed by atoms with Crippen LogP contribution in [0.15, 0.2) is 42.9 Å². The molecule has 1 fully saturated rings. The summed E-state index contributed by atoms with van der Waals surface area (Å²) >= 11 is 0. The third-order valence-electron chi connectivity index (χ3n) is 5.47. The molecule has 1 aliphatic rings. The van der Waals surface area contributed by atoms with Crippen molar-refractivity contribution in [1.29, 1.82) is 0 Å². The van der Waals surface area contributed by atoms with Gasteiger partial charge in [0, 0.05) is 49.6 Å². The second kappa shape index (κ2) is 7.46. The number of hydrogen-bond donors (Lipinski definition) is 2. The molecule has 0 aliphatic carbocycles. The molecular weight excluding hydrogens is 376 g/mol. The largest absolute Gasteiger partial charge is 0.323 e. The van der Waals surface area contributed by atoms with Gasteiger partial charge in [-0.1, -0.05) is 13.8 Å². The minimum atomic E-state index is 0.386. The summed E-state index contributed by atoms with van der Waals surface area (Å²) in [5, 5.41) is 19.5. The summed E-state index contributed by atoms with van der Waals surface area (Å²) in [7, 11) is 1.96. The molecule has 0 radical (unpaired) electrons. The normalized spacial score (nSPS) is 14.3. The number of aryl methyl sites for hydroxylation is 1. The fourth-order valence-corrected chi connectivity index (χ4v) is 3.62. The van der Waals surface area contributed by atoms with Crippen LogP contribution in [0.5, 0.6) is 0 Å². The molecule has 0 bridgehead atoms. The molecule has 4 aromatic rings. The summed E-state index contributed by atoms with van der Waals surface area (Å²) in [5.74, 6) is 2.23. The second-order valence-electron chi connectivity index (χ2n) is 8.07. The van der Waals surface area contributed by atoms with Crippen LogP contribution in [0.25, 0.3) is 22.2 Å². The van der Waals surface area contributed by atoms with Gasteiger partial charge in [-0.3, -0.25) is 9.67 Å². The fraction of sp³-hybridized carbons (Fsp3) is 0.318. The monoisotopic (exact) mass is 400 g/mol. The summed E-state index contributed by atoms with van der Waals surface area (Å²) in [4.78, 5) is 9.39. The number of rotatable bonds is 5. The smallest absolute Gasteiger partial charge is 0.154 e. The van der Waals surface area contributed by atoms with Crippen molar-refractivity contribution in [3.8, 4) is 11.1 Å². The highest BCUT2D eigenvalue weighted by molar-refractivity contribution is 5.82. The second-order valence-corrected chi connectivity index (χ2v) is 8.07. The molecule has 0 unspecified atom stereocenters. The van der Waals surface area contributed by atoms with E-state index in [0.29, 0.717) is 23.5 Å². The van der Waals surface area contributed by atoms with Crippen molar-refractivity contribution in [2.75, 3.05) is 18.4 Å². The van der Waals surface area contributed by atoms with E-state index in [-0.39, 0.29) is 0 Å². The Kier molecular flexibility index (Phi) is 4.63. The van der Waals surface area contributed by atoms with Gasteiger partial charge in [0.25, 0.3) is 0 Å². The van der Waals surface area contributed by atoms with Crippen molar-refractivity contribution in [3.63, 3.8) is 0 Å². The first-order valence-electron chi connectivity index (χ1n) is 10.2. The highest BCUT2D eigenvalue weighted by atomic mass is 15.3. The molecule has 4 aromatic heterocycles. The lowest BCUT2D eigenvalue weighted by molar-refractivity contribution is 0.437. The van der Waals surface area contributed by atoms with Gasteiger partial charge in [-0.05, 0) is 35.7 Å². The van der Waals surface area contributed by atoms with E-state index in [9.17, 15) is 0 Å². The molecule has 8 heteroatoms. The lowest BCUT2D eigenvalue weighted by Crippen LogP contribution is -2.40. The third kappa shape index (κ3) is 3.50. The van der Waals surface area contributed by atoms with Crippen molar-refractivity contribution in [2.24, 2.45) is 7.05 Å². The van der Waals surface area contributed by atoms with Crippen molar-refractivity contribution in [1.82, 2.24) is 35.3 Å². The molecule has 2 N–H and O–H groups in total. The van der Waals surface area contributed by atoms with Gasteiger partial charge in [0.15, 0.2) is 5.82 Å². The number of aromatic nitrogens is 6. The van der Waals surface area contributed by atoms with Crippen molar-refractivity contribution >= 4 is 22.7 Å². The Morgan fingerprint density at radius 3 is 2.73 bits per heavy atom. The summed E-state index contributed by atoms with van der Waals surface area (Å²) in [6, 6.07) is 7.96. The molecule has 8 nitrogen and oxygen atoms in total. The van der Waals surface area contributed by atoms with Gasteiger partial charge >= 0.3 is 0 Å². The summed E-state index contributed by atoms with van der Waals surface area (Å²) in [5.41, 5.74) is 6.08. The predicted octanol–water partition coefficient (Wildman–Crippen LogP) is 3.37. The average molecular weight is 400 g/mol. The molecule has 0 amide bonds. The SMILES string of the molecule is CC(C)c1cnnc(Nc2ccc3ncc(-c4cn(C)nc4C4CNC4)cc3n2)c1. The Balaban J connectivity index is 1.49. The number of nitrogens with zero attached hydrogens (tertiary/aromatic N) is 6. The van der Waals surface area contributed by atoms with Crippen LogP contribution in [0.1, 0.15) is 36.9 Å². The zero-order chi connectivity index (χ0) is 20.7. The van der Waals surface area contributed by atoms with E-state index in [4.69, 9.17) is 4.98 Å². The predicted molar refractivity (Wildman–Crippen MR) is 117 cm³/mol. The van der Waals surface area contributed by atoms with Crippen LogP contribution < -0.4 is 10.6 Å². The Morgan fingerprint density at radius 2 is 1.97 bits per heavy atom. The lowest BCUT2D eigenvalue weighted by Gasteiger charge is -2.26. The van der Waals surface area contributed by atoms with Gasteiger partial charge in [-0.2, -0.15) is 10.2 Å².